The van der Waals surface area contributed by atoms with E-state index in [1.807, 2.05) is 26.0 Å². The number of hydrogen-bond acceptors (Lipinski definition) is 4. The van der Waals surface area contributed by atoms with Gasteiger partial charge >= 0.3 is 0 Å². The first-order valence-electron chi connectivity index (χ1n) is 13.0. The van der Waals surface area contributed by atoms with Gasteiger partial charge in [-0.3, -0.25) is 0 Å². The van der Waals surface area contributed by atoms with Gasteiger partial charge in [0.1, 0.15) is 11.5 Å². The number of rotatable bonds is 4. The molecule has 2 nitrogen and oxygen atoms in total. The summed E-state index contributed by atoms with van der Waals surface area (Å²) in [4.78, 5) is 2.43. The van der Waals surface area contributed by atoms with Gasteiger partial charge in [0.05, 0.1) is 5.41 Å². The zero-order valence-corrected chi connectivity index (χ0v) is 23.2. The fourth-order valence-corrected chi connectivity index (χ4v) is 7.80. The van der Waals surface area contributed by atoms with Gasteiger partial charge in [0.15, 0.2) is 0 Å². The second-order valence-electron chi connectivity index (χ2n) is 10.2. The van der Waals surface area contributed by atoms with Crippen LogP contribution in [0.2, 0.25) is 0 Å². The van der Waals surface area contributed by atoms with Gasteiger partial charge in [-0.1, -0.05) is 72.8 Å². The van der Waals surface area contributed by atoms with Crippen LogP contribution in [0.5, 0.6) is 11.5 Å². The summed E-state index contributed by atoms with van der Waals surface area (Å²) < 4.78 is 0. The molecular formula is C35H26O2S2. The van der Waals surface area contributed by atoms with Crippen molar-refractivity contribution in [3.8, 4) is 43.5 Å². The molecule has 2 N–H and O–H groups in total. The summed E-state index contributed by atoms with van der Waals surface area (Å²) in [6.07, 6.45) is 0. The van der Waals surface area contributed by atoms with Crippen molar-refractivity contribution in [3.05, 3.63) is 141 Å². The number of phenolic OH excluding ortho intramolecular Hbond substituents is 2. The van der Waals surface area contributed by atoms with Crippen molar-refractivity contribution in [3.63, 3.8) is 0 Å². The first kappa shape index (κ1) is 24.0. The minimum atomic E-state index is -0.678. The smallest absolute Gasteiger partial charge is 0.118 e. The first-order valence-corrected chi connectivity index (χ1v) is 14.7. The average molecular weight is 543 g/mol. The van der Waals surface area contributed by atoms with Crippen molar-refractivity contribution in [2.45, 2.75) is 19.3 Å². The third-order valence-corrected chi connectivity index (χ3v) is 9.81. The molecule has 7 rings (SSSR count). The lowest BCUT2D eigenvalue weighted by atomic mass is 9.65. The molecule has 1 aliphatic rings. The standard InChI is InChI=1S/C35H26O2S2/c1-21-19-23(13-15-29(21)36)35(24-14-16-30(37)22(2)20-24)33-25(7-3-9-27(33)31-11-5-17-38-31)26-8-4-10-28(34(26)35)32-12-6-18-39-32/h3-20,36-37H,1-2H3. The lowest BCUT2D eigenvalue weighted by molar-refractivity contribution is 0.470. The molecule has 4 aromatic carbocycles. The number of phenols is 2. The highest BCUT2D eigenvalue weighted by Crippen LogP contribution is 2.61. The Balaban J connectivity index is 1.73. The van der Waals surface area contributed by atoms with E-state index < -0.39 is 5.41 Å². The molecule has 0 atom stereocenters. The molecule has 0 spiro atoms. The van der Waals surface area contributed by atoms with E-state index >= 15 is 0 Å². The second-order valence-corrected chi connectivity index (χ2v) is 12.1. The zero-order chi connectivity index (χ0) is 26.7. The third kappa shape index (κ3) is 3.45. The van der Waals surface area contributed by atoms with Crippen LogP contribution in [0.1, 0.15) is 33.4 Å². The lowest BCUT2D eigenvalue weighted by Gasteiger charge is -2.37. The summed E-state index contributed by atoms with van der Waals surface area (Å²) in [6.45, 7) is 3.92. The number of thiophene rings is 2. The van der Waals surface area contributed by atoms with Crippen LogP contribution in [-0.4, -0.2) is 10.2 Å². The number of aryl methyl sites for hydroxylation is 2. The minimum absolute atomic E-state index is 0.285. The Labute approximate surface area is 236 Å². The van der Waals surface area contributed by atoms with Crippen LogP contribution in [0, 0.1) is 13.8 Å². The number of benzene rings is 4. The number of aromatic hydroxyl groups is 2. The summed E-state index contributed by atoms with van der Waals surface area (Å²) >= 11 is 3.49. The molecule has 0 bridgehead atoms. The highest BCUT2D eigenvalue weighted by molar-refractivity contribution is 7.13. The van der Waals surface area contributed by atoms with Crippen molar-refractivity contribution < 1.29 is 10.2 Å². The molecule has 1 aliphatic carbocycles. The normalized spacial score (nSPS) is 13.3. The van der Waals surface area contributed by atoms with Crippen LogP contribution in [0.3, 0.4) is 0 Å². The predicted octanol–water partition coefficient (Wildman–Crippen LogP) is 9.53. The monoisotopic (exact) mass is 542 g/mol. The Kier molecular flexibility index (Phi) is 5.51. The Morgan fingerprint density at radius 1 is 0.513 bits per heavy atom. The van der Waals surface area contributed by atoms with E-state index in [2.05, 4.69) is 95.7 Å². The van der Waals surface area contributed by atoms with Crippen molar-refractivity contribution >= 4 is 22.7 Å². The van der Waals surface area contributed by atoms with Crippen LogP contribution in [-0.2, 0) is 5.41 Å². The lowest BCUT2D eigenvalue weighted by Crippen LogP contribution is -2.30. The van der Waals surface area contributed by atoms with Crippen LogP contribution < -0.4 is 0 Å². The molecule has 0 saturated carbocycles. The molecule has 0 unspecified atom stereocenters. The number of fused-ring (bicyclic) bond motifs is 3. The Bertz CT molecular complexity index is 1710. The fourth-order valence-electron chi connectivity index (χ4n) is 6.28. The molecule has 4 heteroatoms. The molecule has 0 amide bonds. The quantitative estimate of drug-likeness (QED) is 0.232. The minimum Gasteiger partial charge on any atom is -0.508 e. The van der Waals surface area contributed by atoms with Crippen molar-refractivity contribution in [2.75, 3.05) is 0 Å². The largest absolute Gasteiger partial charge is 0.508 e. The molecule has 0 aliphatic heterocycles. The van der Waals surface area contributed by atoms with Gasteiger partial charge in [-0.15, -0.1) is 22.7 Å². The summed E-state index contributed by atoms with van der Waals surface area (Å²) in [5.41, 5.74) is 10.5. The fraction of sp³-hybridized carbons (Fsp3) is 0.0857. The highest BCUT2D eigenvalue weighted by Gasteiger charge is 2.49. The Hall–Kier alpha value is -4.12. The van der Waals surface area contributed by atoms with Crippen LogP contribution in [0.25, 0.3) is 32.0 Å². The maximum atomic E-state index is 10.6. The van der Waals surface area contributed by atoms with Gasteiger partial charge in [-0.25, -0.2) is 0 Å². The third-order valence-electron chi connectivity index (χ3n) is 8.00. The highest BCUT2D eigenvalue weighted by atomic mass is 32.1. The molecule has 0 radical (unpaired) electrons. The summed E-state index contributed by atoms with van der Waals surface area (Å²) in [5.74, 6) is 0.569. The van der Waals surface area contributed by atoms with Gasteiger partial charge < -0.3 is 10.2 Å². The number of hydrogen-bond donors (Lipinski definition) is 2. The van der Waals surface area contributed by atoms with Crippen LogP contribution >= 0.6 is 22.7 Å². The van der Waals surface area contributed by atoms with E-state index in [9.17, 15) is 10.2 Å². The van der Waals surface area contributed by atoms with Gasteiger partial charge in [-0.05, 0) is 105 Å². The van der Waals surface area contributed by atoms with E-state index in [-0.39, 0.29) is 11.5 Å². The van der Waals surface area contributed by atoms with Gasteiger partial charge in [0, 0.05) is 9.75 Å². The molecule has 2 aromatic heterocycles. The van der Waals surface area contributed by atoms with E-state index in [0.717, 1.165) is 22.3 Å². The topological polar surface area (TPSA) is 40.5 Å². The van der Waals surface area contributed by atoms with E-state index in [4.69, 9.17) is 0 Å². The molecule has 6 aromatic rings. The second kappa shape index (κ2) is 8.98. The van der Waals surface area contributed by atoms with Gasteiger partial charge in [0.2, 0.25) is 0 Å². The average Bonchev–Trinajstić information content (AvgIpc) is 3.72. The van der Waals surface area contributed by atoms with Crippen LogP contribution in [0.4, 0.5) is 0 Å². The summed E-state index contributed by atoms with van der Waals surface area (Å²) in [5, 5.41) is 25.4. The van der Waals surface area contributed by atoms with Crippen molar-refractivity contribution in [1.82, 2.24) is 0 Å². The van der Waals surface area contributed by atoms with E-state index in [1.54, 1.807) is 22.7 Å². The Morgan fingerprint density at radius 2 is 0.949 bits per heavy atom. The molecule has 190 valence electrons. The molecule has 2 heterocycles. The van der Waals surface area contributed by atoms with Crippen LogP contribution in [0.15, 0.2) is 108 Å². The summed E-state index contributed by atoms with van der Waals surface area (Å²) in [7, 11) is 0. The molecule has 0 fully saturated rings. The van der Waals surface area contributed by atoms with E-state index in [1.165, 1.54) is 43.1 Å². The van der Waals surface area contributed by atoms with E-state index in [0.29, 0.717) is 0 Å². The zero-order valence-electron chi connectivity index (χ0n) is 21.6. The maximum Gasteiger partial charge on any atom is 0.118 e. The van der Waals surface area contributed by atoms with Crippen molar-refractivity contribution in [1.29, 1.82) is 0 Å². The predicted molar refractivity (Wildman–Crippen MR) is 163 cm³/mol. The molecule has 39 heavy (non-hydrogen) atoms. The SMILES string of the molecule is Cc1cc(C2(c3ccc(O)c(C)c3)c3c(-c4cccs4)cccc3-c3cccc(-c4cccs4)c32)ccc1O. The molecular weight excluding hydrogens is 517 g/mol. The summed E-state index contributed by atoms with van der Waals surface area (Å²) in [6, 6.07) is 33.9. The van der Waals surface area contributed by atoms with Gasteiger partial charge in [-0.2, -0.15) is 0 Å². The maximum absolute atomic E-state index is 10.6. The Morgan fingerprint density at radius 3 is 1.33 bits per heavy atom. The van der Waals surface area contributed by atoms with Gasteiger partial charge in [0.25, 0.3) is 0 Å². The molecule has 0 saturated heterocycles. The van der Waals surface area contributed by atoms with Crippen molar-refractivity contribution in [2.24, 2.45) is 0 Å². The first-order chi connectivity index (χ1) is 19.0.